The molecule has 6 nitrogen and oxygen atoms in total. The van der Waals surface area contributed by atoms with E-state index in [1.54, 1.807) is 0 Å². The van der Waals surface area contributed by atoms with E-state index in [0.717, 1.165) is 25.7 Å². The highest BCUT2D eigenvalue weighted by atomic mass is 16.6. The van der Waals surface area contributed by atoms with Gasteiger partial charge in [0.25, 0.3) is 0 Å². The summed E-state index contributed by atoms with van der Waals surface area (Å²) in [6.07, 6.45) is 3.20. The lowest BCUT2D eigenvalue weighted by molar-refractivity contribution is -0.155. The molecule has 0 bridgehead atoms. The van der Waals surface area contributed by atoms with Crippen LogP contribution in [0.25, 0.3) is 0 Å². The molecule has 0 amide bonds. The first-order valence-corrected chi connectivity index (χ1v) is 10.4. The zero-order valence-electron chi connectivity index (χ0n) is 17.9. The lowest BCUT2D eigenvalue weighted by Gasteiger charge is -2.20. The third-order valence-electron chi connectivity index (χ3n) is 4.69. The highest BCUT2D eigenvalue weighted by Gasteiger charge is 2.25. The third-order valence-corrected chi connectivity index (χ3v) is 4.69. The SMILES string of the molecule is CCC(C)OC(=O)CC(CC(=O)OC(CC)CC)CC(=O)OC(CC)CC. The van der Waals surface area contributed by atoms with Crippen LogP contribution in [0, 0.1) is 5.92 Å². The van der Waals surface area contributed by atoms with Crippen LogP contribution in [0.3, 0.4) is 0 Å². The van der Waals surface area contributed by atoms with Crippen LogP contribution in [0.5, 0.6) is 0 Å². The van der Waals surface area contributed by atoms with Gasteiger partial charge >= 0.3 is 17.9 Å². The Morgan fingerprint density at radius 1 is 0.593 bits per heavy atom. The van der Waals surface area contributed by atoms with Crippen molar-refractivity contribution in [2.24, 2.45) is 5.92 Å². The van der Waals surface area contributed by atoms with E-state index in [4.69, 9.17) is 14.2 Å². The molecule has 0 aliphatic rings. The Balaban J connectivity index is 4.90. The summed E-state index contributed by atoms with van der Waals surface area (Å²) in [5.41, 5.74) is 0. The quantitative estimate of drug-likeness (QED) is 0.321. The molecule has 0 aromatic carbocycles. The average Bonchev–Trinajstić information content (AvgIpc) is 2.63. The molecule has 158 valence electrons. The maximum Gasteiger partial charge on any atom is 0.306 e. The normalized spacial score (nSPS) is 12.3. The number of esters is 3. The standard InChI is InChI=1S/C21H38O6/c1-7-15(6)25-19(22)12-16(13-20(23)26-17(8-2)9-3)14-21(24)27-18(10-4)11-5/h15-18H,7-14H2,1-6H3. The van der Waals surface area contributed by atoms with Gasteiger partial charge in [-0.15, -0.1) is 0 Å². The summed E-state index contributed by atoms with van der Waals surface area (Å²) in [6, 6.07) is 0. The number of ether oxygens (including phenoxy) is 3. The van der Waals surface area contributed by atoms with Crippen molar-refractivity contribution in [2.45, 2.75) is 111 Å². The van der Waals surface area contributed by atoms with Crippen LogP contribution in [0.4, 0.5) is 0 Å². The van der Waals surface area contributed by atoms with Crippen molar-refractivity contribution in [3.63, 3.8) is 0 Å². The molecule has 27 heavy (non-hydrogen) atoms. The largest absolute Gasteiger partial charge is 0.463 e. The summed E-state index contributed by atoms with van der Waals surface area (Å²) in [4.78, 5) is 36.6. The topological polar surface area (TPSA) is 78.9 Å². The summed E-state index contributed by atoms with van der Waals surface area (Å²) in [5, 5.41) is 0. The second kappa shape index (κ2) is 14.5. The first-order chi connectivity index (χ1) is 12.8. The fourth-order valence-electron chi connectivity index (χ4n) is 2.66. The van der Waals surface area contributed by atoms with Gasteiger partial charge < -0.3 is 14.2 Å². The molecule has 0 aliphatic carbocycles. The van der Waals surface area contributed by atoms with Crippen molar-refractivity contribution >= 4 is 17.9 Å². The molecule has 0 aromatic rings. The summed E-state index contributed by atoms with van der Waals surface area (Å²) >= 11 is 0. The second-order valence-corrected chi connectivity index (χ2v) is 7.04. The van der Waals surface area contributed by atoms with Gasteiger partial charge in [0.05, 0.1) is 6.10 Å². The van der Waals surface area contributed by atoms with Gasteiger partial charge in [0.1, 0.15) is 12.2 Å². The Morgan fingerprint density at radius 2 is 0.926 bits per heavy atom. The Bertz CT molecular complexity index is 412. The number of carbonyl (C=O) groups is 3. The van der Waals surface area contributed by atoms with Crippen LogP contribution in [0.1, 0.15) is 92.9 Å². The van der Waals surface area contributed by atoms with Crippen molar-refractivity contribution in [2.75, 3.05) is 0 Å². The molecule has 0 saturated carbocycles. The van der Waals surface area contributed by atoms with Crippen molar-refractivity contribution in [3.8, 4) is 0 Å². The van der Waals surface area contributed by atoms with E-state index in [-0.39, 0.29) is 49.5 Å². The molecular weight excluding hydrogens is 348 g/mol. The number of hydrogen-bond donors (Lipinski definition) is 0. The van der Waals surface area contributed by atoms with Crippen molar-refractivity contribution in [1.29, 1.82) is 0 Å². The van der Waals surface area contributed by atoms with E-state index >= 15 is 0 Å². The highest BCUT2D eigenvalue weighted by Crippen LogP contribution is 2.20. The summed E-state index contributed by atoms with van der Waals surface area (Å²) in [6.45, 7) is 11.6. The molecule has 1 atom stereocenters. The van der Waals surface area contributed by atoms with Crippen LogP contribution in [0.15, 0.2) is 0 Å². The Labute approximate surface area is 164 Å². The average molecular weight is 387 g/mol. The molecule has 0 radical (unpaired) electrons. The van der Waals surface area contributed by atoms with Crippen LogP contribution in [0.2, 0.25) is 0 Å². The molecule has 0 heterocycles. The van der Waals surface area contributed by atoms with E-state index in [2.05, 4.69) is 0 Å². The molecular formula is C21H38O6. The Morgan fingerprint density at radius 3 is 1.22 bits per heavy atom. The van der Waals surface area contributed by atoms with Gasteiger partial charge in [0, 0.05) is 19.3 Å². The van der Waals surface area contributed by atoms with Crippen molar-refractivity contribution < 1.29 is 28.6 Å². The molecule has 0 fully saturated rings. The van der Waals surface area contributed by atoms with E-state index in [1.165, 1.54) is 0 Å². The molecule has 0 rings (SSSR count). The van der Waals surface area contributed by atoms with Gasteiger partial charge in [-0.2, -0.15) is 0 Å². The van der Waals surface area contributed by atoms with E-state index in [0.29, 0.717) is 6.42 Å². The van der Waals surface area contributed by atoms with Gasteiger partial charge in [0.15, 0.2) is 0 Å². The van der Waals surface area contributed by atoms with Gasteiger partial charge in [-0.05, 0) is 44.9 Å². The minimum absolute atomic E-state index is 0.000370. The monoisotopic (exact) mass is 386 g/mol. The minimum atomic E-state index is -0.481. The first kappa shape index (κ1) is 25.4. The summed E-state index contributed by atoms with van der Waals surface area (Å²) in [7, 11) is 0. The van der Waals surface area contributed by atoms with E-state index in [9.17, 15) is 14.4 Å². The Hall–Kier alpha value is -1.59. The molecule has 0 aliphatic heterocycles. The maximum atomic E-state index is 12.2. The molecule has 1 unspecified atom stereocenters. The van der Waals surface area contributed by atoms with Crippen LogP contribution in [-0.2, 0) is 28.6 Å². The highest BCUT2D eigenvalue weighted by molar-refractivity contribution is 5.76. The zero-order valence-corrected chi connectivity index (χ0v) is 17.9. The number of rotatable bonds is 14. The van der Waals surface area contributed by atoms with Gasteiger partial charge in [0.2, 0.25) is 0 Å². The van der Waals surface area contributed by atoms with Crippen LogP contribution in [-0.4, -0.2) is 36.2 Å². The van der Waals surface area contributed by atoms with Crippen molar-refractivity contribution in [1.82, 2.24) is 0 Å². The van der Waals surface area contributed by atoms with E-state index in [1.807, 2.05) is 41.5 Å². The van der Waals surface area contributed by atoms with Crippen molar-refractivity contribution in [3.05, 3.63) is 0 Å². The third kappa shape index (κ3) is 11.7. The fourth-order valence-corrected chi connectivity index (χ4v) is 2.66. The summed E-state index contributed by atoms with van der Waals surface area (Å²) < 4.78 is 16.1. The lowest BCUT2D eigenvalue weighted by atomic mass is 9.97. The van der Waals surface area contributed by atoms with Crippen LogP contribution >= 0.6 is 0 Å². The molecule has 0 saturated heterocycles. The predicted molar refractivity (Wildman–Crippen MR) is 104 cm³/mol. The number of carbonyl (C=O) groups excluding carboxylic acids is 3. The number of hydrogen-bond acceptors (Lipinski definition) is 6. The van der Waals surface area contributed by atoms with Gasteiger partial charge in [-0.3, -0.25) is 14.4 Å². The molecule has 0 N–H and O–H groups in total. The second-order valence-electron chi connectivity index (χ2n) is 7.04. The van der Waals surface area contributed by atoms with Crippen LogP contribution < -0.4 is 0 Å². The minimum Gasteiger partial charge on any atom is -0.463 e. The molecule has 6 heteroatoms. The first-order valence-electron chi connectivity index (χ1n) is 10.4. The molecule has 0 spiro atoms. The predicted octanol–water partition coefficient (Wildman–Crippen LogP) is 4.58. The molecule has 0 aromatic heterocycles. The zero-order chi connectivity index (χ0) is 20.8. The maximum absolute atomic E-state index is 12.2. The fraction of sp³-hybridized carbons (Fsp3) is 0.857. The van der Waals surface area contributed by atoms with Gasteiger partial charge in [-0.1, -0.05) is 34.6 Å². The lowest BCUT2D eigenvalue weighted by Crippen LogP contribution is -2.25. The smallest absolute Gasteiger partial charge is 0.306 e. The van der Waals surface area contributed by atoms with Gasteiger partial charge in [-0.25, -0.2) is 0 Å². The summed E-state index contributed by atoms with van der Waals surface area (Å²) in [5.74, 6) is -1.66. The van der Waals surface area contributed by atoms with E-state index < -0.39 is 11.9 Å². The Kier molecular flexibility index (Phi) is 13.6.